The van der Waals surface area contributed by atoms with E-state index in [4.69, 9.17) is 4.98 Å². The Hall–Kier alpha value is -3.75. The molecule has 0 atom stereocenters. The Morgan fingerprint density at radius 3 is 2.15 bits per heavy atom. The summed E-state index contributed by atoms with van der Waals surface area (Å²) in [6, 6.07) is 4.64. The Bertz CT molecular complexity index is 1490. The van der Waals surface area contributed by atoms with Crippen molar-refractivity contribution >= 4 is 17.0 Å². The number of fused-ring (bicyclic) bond motifs is 1. The molecule has 0 spiro atoms. The van der Waals surface area contributed by atoms with E-state index in [1.165, 1.54) is 16.7 Å². The van der Waals surface area contributed by atoms with Gasteiger partial charge in [-0.2, -0.15) is 36.2 Å². The summed E-state index contributed by atoms with van der Waals surface area (Å²) in [5.74, 6) is 0.0926. The highest BCUT2D eigenvalue weighted by Gasteiger charge is 2.40. The number of benzene rings is 1. The number of H-pyrrole nitrogens is 1. The summed E-state index contributed by atoms with van der Waals surface area (Å²) >= 11 is 0. The van der Waals surface area contributed by atoms with Crippen LogP contribution in [0.15, 0.2) is 30.5 Å². The quantitative estimate of drug-likeness (QED) is 0.268. The molecule has 2 aliphatic rings. The largest absolute Gasteiger partial charge is 0.416 e. The van der Waals surface area contributed by atoms with Crippen molar-refractivity contribution in [1.29, 1.82) is 0 Å². The molecule has 1 aromatic carbocycles. The van der Waals surface area contributed by atoms with E-state index in [9.17, 15) is 26.3 Å². The number of nitrogens with zero attached hydrogens (tertiary/aromatic N) is 8. The Labute approximate surface area is 230 Å². The zero-order chi connectivity index (χ0) is 28.9. The smallest absolute Gasteiger partial charge is 0.334 e. The SMILES string of the molecule is Cn1nnc(N(CCc2cc3cn[nH]c3nc2CN(C2CC2)C2CC2)Cc2cc(C(F)(F)F)cc(C(F)(F)F)c2)n1. The van der Waals surface area contributed by atoms with Crippen LogP contribution in [0.3, 0.4) is 0 Å². The molecule has 0 bridgehead atoms. The average molecular weight is 580 g/mol. The van der Waals surface area contributed by atoms with Crippen LogP contribution in [0, 0.1) is 0 Å². The molecule has 1 N–H and O–H groups in total. The number of hydrogen-bond donors (Lipinski definition) is 1. The van der Waals surface area contributed by atoms with E-state index in [2.05, 4.69) is 30.5 Å². The van der Waals surface area contributed by atoms with Gasteiger partial charge in [0.05, 0.1) is 30.1 Å². The van der Waals surface area contributed by atoms with E-state index in [-0.39, 0.29) is 30.7 Å². The minimum Gasteiger partial charge on any atom is -0.334 e. The first-order valence-corrected chi connectivity index (χ1v) is 13.3. The summed E-state index contributed by atoms with van der Waals surface area (Å²) in [7, 11) is 1.53. The minimum absolute atomic E-state index is 0.0926. The van der Waals surface area contributed by atoms with Crippen molar-refractivity contribution in [2.45, 2.75) is 69.6 Å². The molecular weight excluding hydrogens is 552 g/mol. The molecule has 2 aliphatic carbocycles. The monoisotopic (exact) mass is 579 g/mol. The number of tetrazole rings is 1. The zero-order valence-corrected chi connectivity index (χ0v) is 22.0. The van der Waals surface area contributed by atoms with Crippen molar-refractivity contribution in [3.63, 3.8) is 0 Å². The van der Waals surface area contributed by atoms with E-state index in [0.29, 0.717) is 30.7 Å². The van der Waals surface area contributed by atoms with Gasteiger partial charge in [-0.25, -0.2) is 4.98 Å². The van der Waals surface area contributed by atoms with Crippen LogP contribution >= 0.6 is 0 Å². The average Bonchev–Trinajstić information content (AvgIpc) is 3.84. The van der Waals surface area contributed by atoms with Crippen LogP contribution in [0.1, 0.15) is 53.6 Å². The highest BCUT2D eigenvalue weighted by Crippen LogP contribution is 2.39. The molecule has 15 heteroatoms. The van der Waals surface area contributed by atoms with Gasteiger partial charge in [-0.1, -0.05) is 5.10 Å². The number of halogens is 6. The third-order valence-corrected chi connectivity index (χ3v) is 7.41. The van der Waals surface area contributed by atoms with Gasteiger partial charge in [-0.15, -0.1) is 5.10 Å². The maximum Gasteiger partial charge on any atom is 0.416 e. The van der Waals surface area contributed by atoms with Crippen LogP contribution in [0.25, 0.3) is 11.0 Å². The normalized spacial score (nSPS) is 16.2. The van der Waals surface area contributed by atoms with Crippen molar-refractivity contribution in [2.24, 2.45) is 7.05 Å². The number of aromatic amines is 1. The van der Waals surface area contributed by atoms with Gasteiger partial charge < -0.3 is 4.90 Å². The van der Waals surface area contributed by atoms with Crippen molar-refractivity contribution in [3.8, 4) is 0 Å². The minimum atomic E-state index is -4.94. The molecule has 41 heavy (non-hydrogen) atoms. The van der Waals surface area contributed by atoms with Crippen LogP contribution in [0.4, 0.5) is 32.3 Å². The lowest BCUT2D eigenvalue weighted by Gasteiger charge is -2.24. The van der Waals surface area contributed by atoms with Crippen LogP contribution < -0.4 is 4.90 Å². The van der Waals surface area contributed by atoms with E-state index in [1.807, 2.05) is 6.07 Å². The van der Waals surface area contributed by atoms with Crippen LogP contribution in [0.2, 0.25) is 0 Å². The zero-order valence-electron chi connectivity index (χ0n) is 22.0. The van der Waals surface area contributed by atoms with Gasteiger partial charge >= 0.3 is 12.4 Å². The lowest BCUT2D eigenvalue weighted by Crippen LogP contribution is -2.30. The Morgan fingerprint density at radius 1 is 0.927 bits per heavy atom. The second-order valence-electron chi connectivity index (χ2n) is 10.7. The van der Waals surface area contributed by atoms with Crippen LogP contribution in [0.5, 0.6) is 0 Å². The number of aryl methyl sites for hydroxylation is 1. The van der Waals surface area contributed by atoms with Crippen molar-refractivity contribution < 1.29 is 26.3 Å². The highest BCUT2D eigenvalue weighted by atomic mass is 19.4. The fraction of sp³-hybridized carbons (Fsp3) is 0.500. The number of anilines is 1. The van der Waals surface area contributed by atoms with E-state index >= 15 is 0 Å². The highest BCUT2D eigenvalue weighted by molar-refractivity contribution is 5.75. The molecule has 3 heterocycles. The molecule has 2 fully saturated rings. The van der Waals surface area contributed by atoms with Gasteiger partial charge in [0.2, 0.25) is 0 Å². The second-order valence-corrected chi connectivity index (χ2v) is 10.7. The van der Waals surface area contributed by atoms with E-state index in [1.54, 1.807) is 6.20 Å². The summed E-state index contributed by atoms with van der Waals surface area (Å²) < 4.78 is 81.0. The van der Waals surface area contributed by atoms with Gasteiger partial charge in [0.15, 0.2) is 5.65 Å². The molecule has 2 saturated carbocycles. The number of rotatable bonds is 10. The first kappa shape index (κ1) is 27.4. The predicted molar refractivity (Wildman–Crippen MR) is 135 cm³/mol. The predicted octanol–water partition coefficient (Wildman–Crippen LogP) is 4.90. The summed E-state index contributed by atoms with van der Waals surface area (Å²) in [6.07, 6.45) is -3.21. The molecule has 218 valence electrons. The summed E-state index contributed by atoms with van der Waals surface area (Å²) in [5, 5.41) is 19.8. The lowest BCUT2D eigenvalue weighted by molar-refractivity contribution is -0.143. The maximum absolute atomic E-state index is 13.5. The molecule has 0 saturated heterocycles. The second kappa shape index (κ2) is 10.3. The summed E-state index contributed by atoms with van der Waals surface area (Å²) in [6.45, 7) is 0.575. The molecule has 0 amide bonds. The number of alkyl halides is 6. The fourth-order valence-corrected chi connectivity index (χ4v) is 5.09. The molecule has 0 aliphatic heterocycles. The van der Waals surface area contributed by atoms with E-state index in [0.717, 1.165) is 54.5 Å². The van der Waals surface area contributed by atoms with Crippen LogP contribution in [-0.4, -0.2) is 58.9 Å². The number of aromatic nitrogens is 7. The summed E-state index contributed by atoms with van der Waals surface area (Å²) in [5.41, 5.74) is -0.466. The molecule has 0 radical (unpaired) electrons. The number of pyridine rings is 1. The Balaban J connectivity index is 1.30. The Kier molecular flexibility index (Phi) is 6.86. The number of nitrogens with one attached hydrogen (secondary N) is 1. The first-order valence-electron chi connectivity index (χ1n) is 13.3. The van der Waals surface area contributed by atoms with Gasteiger partial charge in [0, 0.05) is 37.1 Å². The lowest BCUT2D eigenvalue weighted by atomic mass is 10.0. The van der Waals surface area contributed by atoms with Crippen molar-refractivity contribution in [2.75, 3.05) is 11.4 Å². The first-order chi connectivity index (χ1) is 19.4. The van der Waals surface area contributed by atoms with Gasteiger partial charge in [-0.05, 0) is 72.7 Å². The standard InChI is InChI=1S/C26H27F6N9/c1-39-37-24(36-38-39)40(13-15-8-18(25(27,28)29)11-19(9-15)26(30,31)32)7-6-16-10-17-12-33-35-23(17)34-22(16)14-41(20-2-3-20)21-4-5-21/h8-12,20-21H,2-7,13-14H2,1H3,(H,33,34,35). The van der Waals surface area contributed by atoms with Gasteiger partial charge in [0.1, 0.15) is 0 Å². The molecule has 3 aromatic heterocycles. The molecule has 9 nitrogen and oxygen atoms in total. The van der Waals surface area contributed by atoms with Crippen molar-refractivity contribution in [1.82, 2.24) is 40.3 Å². The fourth-order valence-electron chi connectivity index (χ4n) is 5.09. The molecular formula is C26H27F6N9. The molecule has 4 aromatic rings. The maximum atomic E-state index is 13.5. The number of hydrogen-bond acceptors (Lipinski definition) is 7. The molecule has 0 unspecified atom stereocenters. The van der Waals surface area contributed by atoms with Gasteiger partial charge in [0.25, 0.3) is 5.95 Å². The third-order valence-electron chi connectivity index (χ3n) is 7.41. The van der Waals surface area contributed by atoms with Crippen molar-refractivity contribution in [3.05, 3.63) is 58.4 Å². The van der Waals surface area contributed by atoms with Gasteiger partial charge in [-0.3, -0.25) is 10.00 Å². The topological polar surface area (TPSA) is 91.7 Å². The van der Waals surface area contributed by atoms with Crippen LogP contribution in [-0.2, 0) is 38.9 Å². The third kappa shape index (κ3) is 6.29. The Morgan fingerprint density at radius 2 is 1.59 bits per heavy atom. The summed E-state index contributed by atoms with van der Waals surface area (Å²) in [4.78, 5) is 10.0. The molecule has 6 rings (SSSR count). The van der Waals surface area contributed by atoms with E-state index < -0.39 is 23.5 Å².